The maximum atomic E-state index is 14.1. The molecular weight excluding hydrogens is 277 g/mol. The molecule has 2 fully saturated rings. The second-order valence-corrected chi connectivity index (χ2v) is 12.7. The summed E-state index contributed by atoms with van der Waals surface area (Å²) < 4.78 is 14.1. The molecule has 2 unspecified atom stereocenters. The van der Waals surface area contributed by atoms with Crippen molar-refractivity contribution < 1.29 is 4.39 Å². The predicted molar refractivity (Wildman–Crippen MR) is 90.3 cm³/mol. The van der Waals surface area contributed by atoms with Gasteiger partial charge in [0.15, 0.2) is 0 Å². The van der Waals surface area contributed by atoms with E-state index in [2.05, 4.69) is 31.1 Å². The second kappa shape index (κ2) is 6.00. The van der Waals surface area contributed by atoms with E-state index in [-0.39, 0.29) is 11.7 Å². The minimum Gasteiger partial charge on any atom is -0.334 e. The molecule has 0 aromatic heterocycles. The molecule has 0 bridgehead atoms. The maximum absolute atomic E-state index is 14.1. The van der Waals surface area contributed by atoms with Gasteiger partial charge in [-0.2, -0.15) is 0 Å². The third-order valence-corrected chi connectivity index (χ3v) is 8.16. The topological polar surface area (TPSA) is 12.0 Å². The molecule has 1 N–H and O–H groups in total. The standard InChI is InChI=1S/C18H30FNSi/c1-13-10-16-14(8-9-18(19)17(16)11-13)12-21(2,3)20-15-6-4-5-7-15/h8-9,13,15-17,20H,4-7,10-12H2,1-3H3/t13-,16?,17?/m1/s1. The molecule has 0 aliphatic heterocycles. The number of hydrogen-bond donors (Lipinski definition) is 1. The van der Waals surface area contributed by atoms with Crippen LogP contribution in [0.5, 0.6) is 0 Å². The molecule has 0 radical (unpaired) electrons. The Morgan fingerprint density at radius 1 is 1.14 bits per heavy atom. The molecule has 3 aliphatic carbocycles. The zero-order chi connectivity index (χ0) is 15.0. The molecule has 21 heavy (non-hydrogen) atoms. The molecule has 0 spiro atoms. The molecule has 3 rings (SSSR count). The minimum atomic E-state index is -1.43. The first-order valence-electron chi connectivity index (χ1n) is 8.78. The van der Waals surface area contributed by atoms with Gasteiger partial charge in [-0.25, -0.2) is 4.39 Å². The van der Waals surface area contributed by atoms with Crippen LogP contribution < -0.4 is 4.98 Å². The van der Waals surface area contributed by atoms with Gasteiger partial charge in [-0.1, -0.05) is 44.5 Å². The molecule has 1 nitrogen and oxygen atoms in total. The van der Waals surface area contributed by atoms with Gasteiger partial charge in [-0.3, -0.25) is 0 Å². The summed E-state index contributed by atoms with van der Waals surface area (Å²) in [7, 11) is -1.43. The Bertz CT molecular complexity index is 448. The van der Waals surface area contributed by atoms with Crippen LogP contribution in [0, 0.1) is 17.8 Å². The summed E-state index contributed by atoms with van der Waals surface area (Å²) in [4.78, 5) is 3.99. The number of allylic oxidation sites excluding steroid dienone is 4. The Hall–Kier alpha value is -0.413. The van der Waals surface area contributed by atoms with Gasteiger partial charge in [-0.05, 0) is 49.6 Å². The first-order valence-corrected chi connectivity index (χ1v) is 12.0. The van der Waals surface area contributed by atoms with Crippen LogP contribution in [0.15, 0.2) is 23.6 Å². The summed E-state index contributed by atoms with van der Waals surface area (Å²) in [5, 5.41) is 0. The van der Waals surface area contributed by atoms with Crippen LogP contribution in [0.1, 0.15) is 45.4 Å². The highest BCUT2D eigenvalue weighted by Crippen LogP contribution is 2.48. The Kier molecular flexibility index (Phi) is 4.42. The van der Waals surface area contributed by atoms with E-state index in [1.807, 2.05) is 0 Å². The maximum Gasteiger partial charge on any atom is 0.123 e. The number of rotatable bonds is 4. The van der Waals surface area contributed by atoms with E-state index in [1.54, 1.807) is 6.08 Å². The first kappa shape index (κ1) is 15.5. The van der Waals surface area contributed by atoms with Crippen LogP contribution in [-0.4, -0.2) is 14.3 Å². The van der Waals surface area contributed by atoms with Crippen molar-refractivity contribution in [1.82, 2.24) is 4.98 Å². The monoisotopic (exact) mass is 307 g/mol. The van der Waals surface area contributed by atoms with Gasteiger partial charge in [0.25, 0.3) is 0 Å². The Balaban J connectivity index is 1.68. The quantitative estimate of drug-likeness (QED) is 0.706. The lowest BCUT2D eigenvalue weighted by Crippen LogP contribution is -2.50. The minimum absolute atomic E-state index is 0.135. The third kappa shape index (κ3) is 3.50. The zero-order valence-electron chi connectivity index (χ0n) is 13.8. The molecule has 0 aromatic rings. The average Bonchev–Trinajstić information content (AvgIpc) is 3.01. The molecule has 0 heterocycles. The summed E-state index contributed by atoms with van der Waals surface area (Å²) in [6.07, 6.45) is 11.6. The summed E-state index contributed by atoms with van der Waals surface area (Å²) >= 11 is 0. The first-order chi connectivity index (χ1) is 9.94. The molecular formula is C18H30FNSi. The SMILES string of the molecule is C[C@H]1CC2C(F)=CC=C(C[Si](C)(C)NC3CCCC3)C2C1. The van der Waals surface area contributed by atoms with Crippen molar-refractivity contribution in [3.8, 4) is 0 Å². The lowest BCUT2D eigenvalue weighted by Gasteiger charge is -2.33. The van der Waals surface area contributed by atoms with Crippen molar-refractivity contribution in [2.45, 2.75) is 70.6 Å². The normalized spacial score (nSPS) is 33.8. The van der Waals surface area contributed by atoms with E-state index in [1.165, 1.54) is 43.7 Å². The number of halogens is 1. The third-order valence-electron chi connectivity index (χ3n) is 5.68. The van der Waals surface area contributed by atoms with Gasteiger partial charge < -0.3 is 4.98 Å². The average molecular weight is 308 g/mol. The van der Waals surface area contributed by atoms with Gasteiger partial charge in [0.2, 0.25) is 0 Å². The van der Waals surface area contributed by atoms with Crippen LogP contribution in [-0.2, 0) is 0 Å². The van der Waals surface area contributed by atoms with Gasteiger partial charge in [0.1, 0.15) is 14.1 Å². The highest BCUT2D eigenvalue weighted by molar-refractivity contribution is 6.75. The van der Waals surface area contributed by atoms with E-state index in [0.29, 0.717) is 11.8 Å². The van der Waals surface area contributed by atoms with Crippen molar-refractivity contribution in [3.05, 3.63) is 23.6 Å². The van der Waals surface area contributed by atoms with E-state index in [9.17, 15) is 4.39 Å². The fourth-order valence-corrected chi connectivity index (χ4v) is 7.71. The van der Waals surface area contributed by atoms with E-state index in [4.69, 9.17) is 0 Å². The Morgan fingerprint density at radius 2 is 1.81 bits per heavy atom. The van der Waals surface area contributed by atoms with E-state index in [0.717, 1.165) is 12.5 Å². The van der Waals surface area contributed by atoms with Crippen LogP contribution in [0.2, 0.25) is 19.1 Å². The fraction of sp³-hybridized carbons (Fsp3) is 0.778. The van der Waals surface area contributed by atoms with Crippen molar-refractivity contribution in [2.75, 3.05) is 0 Å². The van der Waals surface area contributed by atoms with Crippen LogP contribution >= 0.6 is 0 Å². The highest BCUT2D eigenvalue weighted by Gasteiger charge is 2.40. The predicted octanol–water partition coefficient (Wildman–Crippen LogP) is 5.18. The van der Waals surface area contributed by atoms with Crippen LogP contribution in [0.3, 0.4) is 0 Å². The molecule has 0 amide bonds. The van der Waals surface area contributed by atoms with Crippen LogP contribution in [0.25, 0.3) is 0 Å². The molecule has 0 saturated heterocycles. The summed E-state index contributed by atoms with van der Waals surface area (Å²) in [6.45, 7) is 7.19. The summed E-state index contributed by atoms with van der Waals surface area (Å²) in [5.41, 5.74) is 1.54. The fourth-order valence-electron chi connectivity index (χ4n) is 4.81. The number of fused-ring (bicyclic) bond motifs is 1. The summed E-state index contributed by atoms with van der Waals surface area (Å²) in [6, 6.07) is 1.95. The van der Waals surface area contributed by atoms with Crippen molar-refractivity contribution in [1.29, 1.82) is 0 Å². The number of nitrogens with one attached hydrogen (secondary N) is 1. The largest absolute Gasteiger partial charge is 0.334 e. The van der Waals surface area contributed by atoms with Crippen molar-refractivity contribution in [2.24, 2.45) is 17.8 Å². The van der Waals surface area contributed by atoms with E-state index >= 15 is 0 Å². The molecule has 2 saturated carbocycles. The van der Waals surface area contributed by atoms with Gasteiger partial charge in [0, 0.05) is 12.0 Å². The number of hydrogen-bond acceptors (Lipinski definition) is 1. The van der Waals surface area contributed by atoms with E-state index < -0.39 is 8.24 Å². The molecule has 118 valence electrons. The van der Waals surface area contributed by atoms with Gasteiger partial charge >= 0.3 is 0 Å². The van der Waals surface area contributed by atoms with Gasteiger partial charge in [0.05, 0.1) is 0 Å². The van der Waals surface area contributed by atoms with Crippen molar-refractivity contribution >= 4 is 8.24 Å². The highest BCUT2D eigenvalue weighted by atomic mass is 28.3. The Morgan fingerprint density at radius 3 is 2.52 bits per heavy atom. The molecule has 3 atom stereocenters. The Labute approximate surface area is 130 Å². The van der Waals surface area contributed by atoms with Gasteiger partial charge in [-0.15, -0.1) is 0 Å². The van der Waals surface area contributed by atoms with Crippen LogP contribution in [0.4, 0.5) is 4.39 Å². The lowest BCUT2D eigenvalue weighted by atomic mass is 9.85. The smallest absolute Gasteiger partial charge is 0.123 e. The zero-order valence-corrected chi connectivity index (χ0v) is 14.8. The molecule has 0 aromatic carbocycles. The molecule has 3 heteroatoms. The summed E-state index contributed by atoms with van der Waals surface area (Å²) in [5.74, 6) is 1.49. The molecule has 3 aliphatic rings. The van der Waals surface area contributed by atoms with Crippen molar-refractivity contribution in [3.63, 3.8) is 0 Å². The lowest BCUT2D eigenvalue weighted by molar-refractivity contribution is 0.399. The second-order valence-electron chi connectivity index (χ2n) is 8.27.